The Morgan fingerprint density at radius 1 is 0.864 bits per heavy atom. The molecule has 0 aromatic heterocycles. The van der Waals surface area contributed by atoms with Crippen LogP contribution in [0.25, 0.3) is 0 Å². The molecule has 0 spiro atoms. The zero-order valence-electron chi connectivity index (χ0n) is 14.6. The maximum absolute atomic E-state index is 12.1. The van der Waals surface area contributed by atoms with Crippen LogP contribution in [0.3, 0.4) is 0 Å². The second kappa shape index (κ2) is 12.0. The zero-order valence-corrected chi connectivity index (χ0v) is 15.5. The van der Waals surface area contributed by atoms with Gasteiger partial charge in [0.1, 0.15) is 0 Å². The van der Waals surface area contributed by atoms with E-state index >= 15 is 0 Å². The summed E-state index contributed by atoms with van der Waals surface area (Å²) < 4.78 is 0. The zero-order chi connectivity index (χ0) is 17.0. The van der Waals surface area contributed by atoms with Gasteiger partial charge in [-0.25, -0.2) is 0 Å². The van der Waals surface area contributed by atoms with Gasteiger partial charge in [-0.15, -0.1) is 11.8 Å². The van der Waals surface area contributed by atoms with Gasteiger partial charge in [-0.05, 0) is 30.9 Å². The van der Waals surface area contributed by atoms with Gasteiger partial charge in [0.25, 0.3) is 0 Å². The highest BCUT2D eigenvalue weighted by molar-refractivity contribution is 7.98. The summed E-state index contributed by atoms with van der Waals surface area (Å²) in [4.78, 5) is 13.3. The molecule has 0 atom stereocenters. The topological polar surface area (TPSA) is 17.1 Å². The minimum absolute atomic E-state index is 0.173. The first-order valence-corrected chi connectivity index (χ1v) is 9.14. The van der Waals surface area contributed by atoms with Crippen molar-refractivity contribution in [3.63, 3.8) is 0 Å². The molecule has 0 amide bonds. The molecule has 0 N–H and O–H groups in total. The number of rotatable bonds is 4. The van der Waals surface area contributed by atoms with E-state index in [1.807, 2.05) is 89.4 Å². The molecule has 2 rings (SSSR count). The molecule has 2 aromatic carbocycles. The number of carbonyl (C=O) groups is 1. The molecule has 120 valence electrons. The Balaban J connectivity index is 0.00000102. The van der Waals surface area contributed by atoms with E-state index in [0.29, 0.717) is 6.42 Å². The highest BCUT2D eigenvalue weighted by Crippen LogP contribution is 2.16. The smallest absolute Gasteiger partial charge is 0.167 e. The number of carbonyl (C=O) groups excluding carboxylic acids is 1. The fourth-order valence-electron chi connectivity index (χ4n) is 1.77. The van der Waals surface area contributed by atoms with Crippen molar-refractivity contribution in [3.05, 3.63) is 65.2 Å². The van der Waals surface area contributed by atoms with Gasteiger partial charge in [0, 0.05) is 16.9 Å². The molecule has 0 heterocycles. The summed E-state index contributed by atoms with van der Waals surface area (Å²) >= 11 is 1.68. The number of thioether (sulfide) groups is 1. The van der Waals surface area contributed by atoms with Crippen LogP contribution in [0, 0.1) is 6.92 Å². The van der Waals surface area contributed by atoms with Gasteiger partial charge in [-0.2, -0.15) is 0 Å². The van der Waals surface area contributed by atoms with Crippen molar-refractivity contribution in [3.8, 4) is 0 Å². The van der Waals surface area contributed by atoms with Crippen LogP contribution < -0.4 is 0 Å². The molecule has 0 aliphatic rings. The summed E-state index contributed by atoms with van der Waals surface area (Å²) in [5.74, 6) is 0.173. The highest BCUT2D eigenvalue weighted by Gasteiger charge is 2.06. The van der Waals surface area contributed by atoms with Crippen LogP contribution in [0.1, 0.15) is 49.2 Å². The lowest BCUT2D eigenvalue weighted by Gasteiger charge is -2.03. The van der Waals surface area contributed by atoms with E-state index in [2.05, 4.69) is 0 Å². The van der Waals surface area contributed by atoms with E-state index in [0.717, 1.165) is 11.1 Å². The van der Waals surface area contributed by atoms with E-state index in [1.165, 1.54) is 10.5 Å². The predicted molar refractivity (Wildman–Crippen MR) is 100 cm³/mol. The van der Waals surface area contributed by atoms with Crippen LogP contribution in [-0.2, 0) is 6.42 Å². The maximum atomic E-state index is 12.1. The van der Waals surface area contributed by atoms with Gasteiger partial charge in [0.15, 0.2) is 5.78 Å². The van der Waals surface area contributed by atoms with Crippen LogP contribution in [0.15, 0.2) is 53.4 Å². The number of hydrogen-bond acceptors (Lipinski definition) is 2. The lowest BCUT2D eigenvalue weighted by molar-refractivity contribution is 0.0993. The van der Waals surface area contributed by atoms with Crippen molar-refractivity contribution in [1.29, 1.82) is 0 Å². The fourth-order valence-corrected chi connectivity index (χ4v) is 2.18. The largest absolute Gasteiger partial charge is 0.294 e. The van der Waals surface area contributed by atoms with E-state index in [-0.39, 0.29) is 5.78 Å². The summed E-state index contributed by atoms with van der Waals surface area (Å²) in [6.07, 6.45) is 2.50. The fraction of sp³-hybridized carbons (Fsp3) is 0.350. The van der Waals surface area contributed by atoms with Crippen LogP contribution in [0.5, 0.6) is 0 Å². The highest BCUT2D eigenvalue weighted by atomic mass is 32.2. The quantitative estimate of drug-likeness (QED) is 0.494. The Bertz CT molecular complexity index is 527. The normalized spacial score (nSPS) is 9.00. The second-order valence-electron chi connectivity index (χ2n) is 4.31. The van der Waals surface area contributed by atoms with Crippen molar-refractivity contribution in [1.82, 2.24) is 0 Å². The number of benzene rings is 2. The predicted octanol–water partition coefficient (Wildman–Crippen LogP) is 6.19. The Labute approximate surface area is 140 Å². The standard InChI is InChI=1S/C16H16OS.2C2H6/c1-12-3-5-13(6-4-12)11-16(17)14-7-9-15(18-2)10-8-14;2*1-2/h3-10H,11H2,1-2H3;2*1-2H3. The molecule has 22 heavy (non-hydrogen) atoms. The summed E-state index contributed by atoms with van der Waals surface area (Å²) in [6.45, 7) is 10.0. The number of Topliss-reactive ketones (excluding diaryl/α,β-unsaturated/α-hetero) is 1. The first-order valence-electron chi connectivity index (χ1n) is 7.92. The Hall–Kier alpha value is -1.54. The molecule has 0 aliphatic heterocycles. The monoisotopic (exact) mass is 316 g/mol. The Kier molecular flexibility index (Phi) is 11.2. The molecule has 0 saturated carbocycles. The molecule has 0 radical (unpaired) electrons. The van der Waals surface area contributed by atoms with Crippen molar-refractivity contribution in [2.75, 3.05) is 6.26 Å². The summed E-state index contributed by atoms with van der Waals surface area (Å²) in [6, 6.07) is 15.9. The molecule has 0 aliphatic carbocycles. The minimum Gasteiger partial charge on any atom is -0.294 e. The van der Waals surface area contributed by atoms with E-state index in [4.69, 9.17) is 0 Å². The molecule has 1 nitrogen and oxygen atoms in total. The summed E-state index contributed by atoms with van der Waals surface area (Å²) in [7, 11) is 0. The number of aryl methyl sites for hydroxylation is 1. The second-order valence-corrected chi connectivity index (χ2v) is 5.19. The van der Waals surface area contributed by atoms with E-state index in [9.17, 15) is 4.79 Å². The van der Waals surface area contributed by atoms with Crippen molar-refractivity contribution < 1.29 is 4.79 Å². The van der Waals surface area contributed by atoms with Crippen LogP contribution in [-0.4, -0.2) is 12.0 Å². The third-order valence-electron chi connectivity index (χ3n) is 2.90. The maximum Gasteiger partial charge on any atom is 0.167 e. The molecule has 0 unspecified atom stereocenters. The van der Waals surface area contributed by atoms with Crippen LogP contribution >= 0.6 is 11.8 Å². The number of ketones is 1. The summed E-state index contributed by atoms with van der Waals surface area (Å²) in [5.41, 5.74) is 3.07. The van der Waals surface area contributed by atoms with E-state index < -0.39 is 0 Å². The third kappa shape index (κ3) is 6.95. The molecule has 0 bridgehead atoms. The van der Waals surface area contributed by atoms with Gasteiger partial charge in [-0.3, -0.25) is 4.79 Å². The van der Waals surface area contributed by atoms with Gasteiger partial charge in [0.05, 0.1) is 0 Å². The van der Waals surface area contributed by atoms with E-state index in [1.54, 1.807) is 11.8 Å². The summed E-state index contributed by atoms with van der Waals surface area (Å²) in [5, 5.41) is 0. The van der Waals surface area contributed by atoms with Gasteiger partial charge in [0.2, 0.25) is 0 Å². The molecule has 2 aromatic rings. The lowest BCUT2D eigenvalue weighted by atomic mass is 10.0. The average molecular weight is 317 g/mol. The van der Waals surface area contributed by atoms with Gasteiger partial charge < -0.3 is 0 Å². The first kappa shape index (κ1) is 20.5. The molecule has 0 fully saturated rings. The molecular formula is C20H28OS. The van der Waals surface area contributed by atoms with Crippen molar-refractivity contribution >= 4 is 17.5 Å². The molecular weight excluding hydrogens is 288 g/mol. The van der Waals surface area contributed by atoms with Crippen molar-refractivity contribution in [2.45, 2.75) is 45.9 Å². The number of hydrogen-bond donors (Lipinski definition) is 0. The Morgan fingerprint density at radius 2 is 1.36 bits per heavy atom. The molecule has 2 heteroatoms. The lowest BCUT2D eigenvalue weighted by Crippen LogP contribution is -2.03. The average Bonchev–Trinajstić information content (AvgIpc) is 2.60. The minimum atomic E-state index is 0.173. The van der Waals surface area contributed by atoms with Gasteiger partial charge >= 0.3 is 0 Å². The van der Waals surface area contributed by atoms with Crippen LogP contribution in [0.4, 0.5) is 0 Å². The Morgan fingerprint density at radius 3 is 1.82 bits per heavy atom. The molecule has 0 saturated heterocycles. The van der Waals surface area contributed by atoms with Gasteiger partial charge in [-0.1, -0.05) is 69.7 Å². The first-order chi connectivity index (χ1) is 10.7. The van der Waals surface area contributed by atoms with Crippen LogP contribution in [0.2, 0.25) is 0 Å². The van der Waals surface area contributed by atoms with Crippen molar-refractivity contribution in [2.24, 2.45) is 0 Å². The SMILES string of the molecule is CC.CC.CSc1ccc(C(=O)Cc2ccc(C)cc2)cc1. The third-order valence-corrected chi connectivity index (χ3v) is 3.64.